The summed E-state index contributed by atoms with van der Waals surface area (Å²) in [6.07, 6.45) is -2.90. The number of benzene rings is 2. The van der Waals surface area contributed by atoms with Crippen molar-refractivity contribution in [2.24, 2.45) is 0 Å². The summed E-state index contributed by atoms with van der Waals surface area (Å²) < 4.78 is 21.0. The molecule has 0 aliphatic carbocycles. The molecule has 4 atom stereocenters. The Bertz CT molecular complexity index is 1280. The highest BCUT2D eigenvalue weighted by molar-refractivity contribution is 5.70. The van der Waals surface area contributed by atoms with Gasteiger partial charge >= 0.3 is 24.4 Å². The molecule has 2 heterocycles. The molecule has 14 nitrogen and oxygen atoms in total. The number of carbonyl (C=O) groups is 4. The van der Waals surface area contributed by atoms with E-state index in [1.807, 2.05) is 60.7 Å². The maximum atomic E-state index is 12.2. The lowest BCUT2D eigenvalue weighted by atomic mass is 10.0. The average Bonchev–Trinajstić information content (AvgIpc) is 3.04. The van der Waals surface area contributed by atoms with Crippen molar-refractivity contribution >= 4 is 24.4 Å². The molecule has 276 valence electrons. The first-order valence-corrected chi connectivity index (χ1v) is 16.8. The first kappa shape index (κ1) is 39.9. The molecule has 4 amide bonds. The summed E-state index contributed by atoms with van der Waals surface area (Å²) in [5.74, 6) is 0. The Morgan fingerprint density at radius 3 is 1.30 bits per heavy atom. The number of alkyl carbamates (subject to hydrolysis) is 2. The number of aliphatic hydroxyl groups excluding tert-OH is 2. The molecular weight excluding hydrogens is 648 g/mol. The number of amides is 4. The third-order valence-electron chi connectivity index (χ3n) is 7.48. The van der Waals surface area contributed by atoms with Gasteiger partial charge in [0.15, 0.2) is 0 Å². The Morgan fingerprint density at radius 1 is 0.640 bits per heavy atom. The van der Waals surface area contributed by atoms with Crippen molar-refractivity contribution in [3.8, 4) is 0 Å². The van der Waals surface area contributed by atoms with Crippen LogP contribution in [0.2, 0.25) is 0 Å². The van der Waals surface area contributed by atoms with Gasteiger partial charge in [0, 0.05) is 26.2 Å². The molecule has 4 N–H and O–H groups in total. The van der Waals surface area contributed by atoms with E-state index >= 15 is 0 Å². The fourth-order valence-electron chi connectivity index (χ4n) is 5.03. The van der Waals surface area contributed by atoms with Crippen LogP contribution in [0.15, 0.2) is 60.7 Å². The van der Waals surface area contributed by atoms with Crippen molar-refractivity contribution in [2.75, 3.05) is 26.2 Å². The molecule has 2 aliphatic rings. The van der Waals surface area contributed by atoms with Gasteiger partial charge in [0.1, 0.15) is 24.4 Å². The van der Waals surface area contributed by atoms with Gasteiger partial charge in [0.2, 0.25) is 0 Å². The first-order chi connectivity index (χ1) is 23.5. The smallest absolute Gasteiger partial charge is 0.410 e. The number of nitrogens with zero attached hydrogens (tertiary/aromatic N) is 2. The number of hydrogen-bond donors (Lipinski definition) is 4. The fourth-order valence-corrected chi connectivity index (χ4v) is 5.03. The van der Waals surface area contributed by atoms with Crippen molar-refractivity contribution in [1.82, 2.24) is 20.4 Å². The Morgan fingerprint density at radius 2 is 0.980 bits per heavy atom. The second-order valence-electron chi connectivity index (χ2n) is 14.2. The molecule has 50 heavy (non-hydrogen) atoms. The SMILES string of the molecule is CC(C)(C)OC(=O)NC1CN(C(=O)OCc2ccccc2)CCC1O.CC(C)(C)OC(=O)NC1CN(C(=O)OCc2ccccc2)CCC1O. The molecule has 2 aliphatic heterocycles. The zero-order chi connectivity index (χ0) is 36.9. The van der Waals surface area contributed by atoms with Gasteiger partial charge in [0.25, 0.3) is 0 Å². The van der Waals surface area contributed by atoms with E-state index in [-0.39, 0.29) is 26.3 Å². The molecular formula is C36H52N4O10. The number of piperidine rings is 2. The monoisotopic (exact) mass is 700 g/mol. The zero-order valence-corrected chi connectivity index (χ0v) is 29.8. The van der Waals surface area contributed by atoms with Crippen LogP contribution in [-0.2, 0) is 32.2 Å². The van der Waals surface area contributed by atoms with Crippen molar-refractivity contribution < 1.29 is 48.3 Å². The number of ether oxygens (including phenoxy) is 4. The lowest BCUT2D eigenvalue weighted by molar-refractivity contribution is 0.0178. The van der Waals surface area contributed by atoms with Crippen molar-refractivity contribution in [3.63, 3.8) is 0 Å². The zero-order valence-electron chi connectivity index (χ0n) is 29.8. The standard InChI is InChI=1S/2C18H26N2O5/c2*1-18(2,3)25-16(22)19-14-11-20(10-9-15(14)21)17(23)24-12-13-7-5-4-6-8-13/h2*4-8,14-15,21H,9-12H2,1-3H3,(H,19,22). The summed E-state index contributed by atoms with van der Waals surface area (Å²) in [5.41, 5.74) is 0.545. The molecule has 2 fully saturated rings. The molecule has 2 saturated heterocycles. The minimum Gasteiger partial charge on any atom is -0.445 e. The Kier molecular flexibility index (Phi) is 14.7. The number of likely N-dealkylation sites (tertiary alicyclic amines) is 2. The quantitative estimate of drug-likeness (QED) is 0.313. The topological polar surface area (TPSA) is 176 Å². The molecule has 2 aromatic carbocycles. The normalized spacial score (nSPS) is 20.7. The Hall–Kier alpha value is -4.56. The van der Waals surface area contributed by atoms with Gasteiger partial charge in [-0.05, 0) is 65.5 Å². The molecule has 14 heteroatoms. The summed E-state index contributed by atoms with van der Waals surface area (Å²) in [6.45, 7) is 12.0. The van der Waals surface area contributed by atoms with Crippen LogP contribution in [0.1, 0.15) is 65.5 Å². The van der Waals surface area contributed by atoms with Crippen LogP contribution < -0.4 is 10.6 Å². The molecule has 4 unspecified atom stereocenters. The lowest BCUT2D eigenvalue weighted by Gasteiger charge is -2.36. The largest absolute Gasteiger partial charge is 0.445 e. The maximum absolute atomic E-state index is 12.2. The van der Waals surface area contributed by atoms with E-state index in [0.29, 0.717) is 25.9 Å². The maximum Gasteiger partial charge on any atom is 0.410 e. The van der Waals surface area contributed by atoms with E-state index in [1.165, 1.54) is 9.80 Å². The van der Waals surface area contributed by atoms with Gasteiger partial charge in [-0.15, -0.1) is 0 Å². The van der Waals surface area contributed by atoms with Crippen molar-refractivity contribution in [1.29, 1.82) is 0 Å². The third-order valence-corrected chi connectivity index (χ3v) is 7.48. The molecule has 0 saturated carbocycles. The Balaban J connectivity index is 0.000000270. The van der Waals surface area contributed by atoms with E-state index in [2.05, 4.69) is 10.6 Å². The van der Waals surface area contributed by atoms with Gasteiger partial charge in [-0.1, -0.05) is 60.7 Å². The number of nitrogens with one attached hydrogen (secondary N) is 2. The second-order valence-corrected chi connectivity index (χ2v) is 14.2. The van der Waals surface area contributed by atoms with Crippen LogP contribution in [0.3, 0.4) is 0 Å². The van der Waals surface area contributed by atoms with Gasteiger partial charge in [-0.25, -0.2) is 19.2 Å². The number of aliphatic hydroxyl groups is 2. The highest BCUT2D eigenvalue weighted by Crippen LogP contribution is 2.16. The minimum absolute atomic E-state index is 0.175. The number of carbonyl (C=O) groups excluding carboxylic acids is 4. The summed E-state index contributed by atoms with van der Waals surface area (Å²) in [7, 11) is 0. The highest BCUT2D eigenvalue weighted by Gasteiger charge is 2.34. The fraction of sp³-hybridized carbons (Fsp3) is 0.556. The van der Waals surface area contributed by atoms with Crippen LogP contribution in [-0.4, -0.2) is 106 Å². The van der Waals surface area contributed by atoms with E-state index in [0.717, 1.165) is 11.1 Å². The molecule has 0 spiro atoms. The molecule has 0 radical (unpaired) electrons. The van der Waals surface area contributed by atoms with E-state index in [1.54, 1.807) is 41.5 Å². The van der Waals surface area contributed by atoms with Crippen LogP contribution in [0.4, 0.5) is 19.2 Å². The van der Waals surface area contributed by atoms with Crippen LogP contribution in [0.25, 0.3) is 0 Å². The van der Waals surface area contributed by atoms with E-state index in [9.17, 15) is 29.4 Å². The highest BCUT2D eigenvalue weighted by atomic mass is 16.6. The van der Waals surface area contributed by atoms with Gasteiger partial charge in [-0.2, -0.15) is 0 Å². The molecule has 2 aromatic rings. The summed E-state index contributed by atoms with van der Waals surface area (Å²) in [5, 5.41) is 25.4. The van der Waals surface area contributed by atoms with Crippen molar-refractivity contribution in [2.45, 2.75) is 103 Å². The predicted molar refractivity (Wildman–Crippen MR) is 184 cm³/mol. The number of hydrogen-bond acceptors (Lipinski definition) is 10. The van der Waals surface area contributed by atoms with Crippen LogP contribution in [0.5, 0.6) is 0 Å². The third kappa shape index (κ3) is 14.5. The van der Waals surface area contributed by atoms with Crippen molar-refractivity contribution in [3.05, 3.63) is 71.8 Å². The van der Waals surface area contributed by atoms with E-state index < -0.39 is 59.9 Å². The molecule has 0 aromatic heterocycles. The molecule has 0 bridgehead atoms. The van der Waals surface area contributed by atoms with Gasteiger partial charge < -0.3 is 49.6 Å². The van der Waals surface area contributed by atoms with E-state index in [4.69, 9.17) is 18.9 Å². The summed E-state index contributed by atoms with van der Waals surface area (Å²) in [4.78, 5) is 51.2. The first-order valence-electron chi connectivity index (χ1n) is 16.8. The number of rotatable bonds is 6. The lowest BCUT2D eigenvalue weighted by Crippen LogP contribution is -2.57. The van der Waals surface area contributed by atoms with Gasteiger partial charge in [-0.3, -0.25) is 0 Å². The van der Waals surface area contributed by atoms with Crippen LogP contribution in [0, 0.1) is 0 Å². The Labute approximate surface area is 294 Å². The summed E-state index contributed by atoms with van der Waals surface area (Å²) in [6, 6.07) is 17.6. The van der Waals surface area contributed by atoms with Crippen LogP contribution >= 0.6 is 0 Å². The summed E-state index contributed by atoms with van der Waals surface area (Å²) >= 11 is 0. The van der Waals surface area contributed by atoms with Gasteiger partial charge in [0.05, 0.1) is 24.3 Å². The minimum atomic E-state index is -0.731. The molecule has 4 rings (SSSR count). The second kappa shape index (κ2) is 18.4. The average molecular weight is 701 g/mol. The predicted octanol–water partition coefficient (Wildman–Crippen LogP) is 4.57.